The Morgan fingerprint density at radius 1 is 1.08 bits per heavy atom. The van der Waals surface area contributed by atoms with Crippen LogP contribution in [0.1, 0.15) is 69.1 Å². The summed E-state index contributed by atoms with van der Waals surface area (Å²) in [6.07, 6.45) is 7.95. The van der Waals surface area contributed by atoms with Crippen LogP contribution >= 0.6 is 0 Å². The molecule has 0 fully saturated rings. The lowest BCUT2D eigenvalue weighted by Crippen LogP contribution is -2.05. The third-order valence-corrected chi connectivity index (χ3v) is 5.16. The average molecular weight is 356 g/mol. The van der Waals surface area contributed by atoms with Gasteiger partial charge < -0.3 is 9.84 Å². The smallest absolute Gasteiger partial charge is 0.126 e. The van der Waals surface area contributed by atoms with Gasteiger partial charge in [0, 0.05) is 30.0 Å². The first-order chi connectivity index (χ1) is 12.7. The number of pyridine rings is 1. The molecule has 2 aromatic rings. The molecule has 2 rings (SSSR count). The van der Waals surface area contributed by atoms with Crippen LogP contribution in [-0.4, -0.2) is 23.8 Å². The van der Waals surface area contributed by atoms with E-state index in [1.54, 1.807) is 7.11 Å². The zero-order valence-electron chi connectivity index (χ0n) is 16.7. The van der Waals surface area contributed by atoms with E-state index < -0.39 is 0 Å². The highest BCUT2D eigenvalue weighted by Gasteiger charge is 2.18. The van der Waals surface area contributed by atoms with Gasteiger partial charge in [0.2, 0.25) is 0 Å². The first kappa shape index (κ1) is 20.4. The van der Waals surface area contributed by atoms with Gasteiger partial charge in [0.1, 0.15) is 5.75 Å². The minimum Gasteiger partial charge on any atom is -0.496 e. The molecule has 0 saturated heterocycles. The van der Waals surface area contributed by atoms with E-state index in [9.17, 15) is 5.11 Å². The van der Waals surface area contributed by atoms with Crippen molar-refractivity contribution in [3.8, 4) is 17.0 Å². The summed E-state index contributed by atoms with van der Waals surface area (Å²) in [7, 11) is 1.74. The molecular formula is C23H33NO2. The largest absolute Gasteiger partial charge is 0.496 e. The maximum Gasteiger partial charge on any atom is 0.126 e. The van der Waals surface area contributed by atoms with E-state index in [0.717, 1.165) is 50.0 Å². The first-order valence-electron chi connectivity index (χ1n) is 9.95. The Bertz CT molecular complexity index is 674. The number of aryl methyl sites for hydroxylation is 2. The van der Waals surface area contributed by atoms with Crippen molar-refractivity contribution >= 4 is 0 Å². The summed E-state index contributed by atoms with van der Waals surface area (Å²) >= 11 is 0. The molecule has 0 spiro atoms. The van der Waals surface area contributed by atoms with Gasteiger partial charge in [-0.15, -0.1) is 0 Å². The molecule has 1 N–H and O–H groups in total. The van der Waals surface area contributed by atoms with Crippen LogP contribution in [0.4, 0.5) is 0 Å². The first-order valence-corrected chi connectivity index (χ1v) is 9.95. The molecule has 1 aromatic heterocycles. The molecule has 0 bridgehead atoms. The highest BCUT2D eigenvalue weighted by atomic mass is 16.5. The van der Waals surface area contributed by atoms with Crippen molar-refractivity contribution in [3.63, 3.8) is 0 Å². The number of aliphatic hydroxyl groups excluding tert-OH is 1. The third-order valence-electron chi connectivity index (χ3n) is 5.16. The van der Waals surface area contributed by atoms with Crippen LogP contribution in [-0.2, 0) is 12.8 Å². The Kier molecular flexibility index (Phi) is 8.11. The summed E-state index contributed by atoms with van der Waals surface area (Å²) in [4.78, 5) is 4.84. The molecule has 0 aliphatic heterocycles. The van der Waals surface area contributed by atoms with Crippen molar-refractivity contribution in [1.29, 1.82) is 0 Å². The van der Waals surface area contributed by atoms with Gasteiger partial charge >= 0.3 is 0 Å². The fraction of sp³-hybridized carbons (Fsp3) is 0.522. The van der Waals surface area contributed by atoms with E-state index in [-0.39, 0.29) is 6.61 Å². The number of ether oxygens (including phenoxy) is 1. The summed E-state index contributed by atoms with van der Waals surface area (Å²) in [5.41, 5.74) is 6.08. The third kappa shape index (κ3) is 4.64. The van der Waals surface area contributed by atoms with Crippen LogP contribution in [0, 0.1) is 0 Å². The highest BCUT2D eigenvalue weighted by Crippen LogP contribution is 2.36. The monoisotopic (exact) mass is 355 g/mol. The molecule has 3 heteroatoms. The van der Waals surface area contributed by atoms with E-state index >= 15 is 0 Å². The number of methoxy groups -OCH3 is 1. The molecule has 0 saturated carbocycles. The average Bonchev–Trinajstić information content (AvgIpc) is 2.69. The van der Waals surface area contributed by atoms with E-state index in [0.29, 0.717) is 5.92 Å². The van der Waals surface area contributed by atoms with Gasteiger partial charge in [-0.05, 0) is 49.1 Å². The van der Waals surface area contributed by atoms with Crippen molar-refractivity contribution in [2.75, 3.05) is 13.7 Å². The number of hydrogen-bond acceptors (Lipinski definition) is 3. The lowest BCUT2D eigenvalue weighted by atomic mass is 9.89. The van der Waals surface area contributed by atoms with Crippen molar-refractivity contribution in [2.24, 2.45) is 0 Å². The number of rotatable bonds is 10. The van der Waals surface area contributed by atoms with E-state index in [1.165, 1.54) is 22.3 Å². The lowest BCUT2D eigenvalue weighted by molar-refractivity contribution is 0.277. The van der Waals surface area contributed by atoms with Gasteiger partial charge in [-0.1, -0.05) is 45.4 Å². The van der Waals surface area contributed by atoms with E-state index in [2.05, 4.69) is 45.0 Å². The molecule has 26 heavy (non-hydrogen) atoms. The molecule has 0 radical (unpaired) electrons. The highest BCUT2D eigenvalue weighted by molar-refractivity contribution is 5.69. The maximum absolute atomic E-state index is 9.22. The molecule has 3 nitrogen and oxygen atoms in total. The summed E-state index contributed by atoms with van der Waals surface area (Å²) in [5, 5.41) is 9.22. The van der Waals surface area contributed by atoms with Crippen molar-refractivity contribution < 1.29 is 9.84 Å². The van der Waals surface area contributed by atoms with E-state index in [4.69, 9.17) is 9.72 Å². The molecular weight excluding hydrogens is 322 g/mol. The molecule has 1 atom stereocenters. The van der Waals surface area contributed by atoms with Crippen molar-refractivity contribution in [2.45, 2.75) is 65.2 Å². The Morgan fingerprint density at radius 2 is 1.77 bits per heavy atom. The standard InChI is InChI=1S/C23H33NO2/c1-5-10-19(13-9-14-25)20-16-24-21(15-22(20)26-4)23-17(6-2)11-8-12-18(23)7-3/h8,11-12,15-16,19,25H,5-7,9-10,13-14H2,1-4H3. The fourth-order valence-electron chi connectivity index (χ4n) is 3.78. The quantitative estimate of drug-likeness (QED) is 0.608. The molecule has 142 valence electrons. The van der Waals surface area contributed by atoms with Crippen LogP contribution in [0.15, 0.2) is 30.5 Å². The number of nitrogens with zero attached hydrogens (tertiary/aromatic N) is 1. The predicted octanol–water partition coefficient (Wildman–Crippen LogP) is 5.54. The van der Waals surface area contributed by atoms with Gasteiger partial charge in [-0.25, -0.2) is 0 Å². The topological polar surface area (TPSA) is 42.4 Å². The van der Waals surface area contributed by atoms with E-state index in [1.807, 2.05) is 6.20 Å². The summed E-state index contributed by atoms with van der Waals surface area (Å²) < 4.78 is 5.76. The summed E-state index contributed by atoms with van der Waals surface area (Å²) in [6.45, 7) is 6.81. The zero-order chi connectivity index (χ0) is 18.9. The van der Waals surface area contributed by atoms with Crippen LogP contribution in [0.3, 0.4) is 0 Å². The second-order valence-corrected chi connectivity index (χ2v) is 6.82. The zero-order valence-corrected chi connectivity index (χ0v) is 16.7. The molecule has 0 aliphatic rings. The van der Waals surface area contributed by atoms with Gasteiger partial charge in [-0.3, -0.25) is 4.98 Å². The van der Waals surface area contributed by atoms with Crippen LogP contribution in [0.2, 0.25) is 0 Å². The van der Waals surface area contributed by atoms with Crippen molar-refractivity contribution in [3.05, 3.63) is 47.2 Å². The maximum atomic E-state index is 9.22. The number of aromatic nitrogens is 1. The van der Waals surface area contributed by atoms with Crippen LogP contribution in [0.25, 0.3) is 11.3 Å². The summed E-state index contributed by atoms with van der Waals surface area (Å²) in [6, 6.07) is 8.62. The number of aliphatic hydroxyl groups is 1. The molecule has 0 aliphatic carbocycles. The van der Waals surface area contributed by atoms with Gasteiger partial charge in [0.25, 0.3) is 0 Å². The number of benzene rings is 1. The van der Waals surface area contributed by atoms with Crippen molar-refractivity contribution in [1.82, 2.24) is 4.98 Å². The minimum atomic E-state index is 0.234. The lowest BCUT2D eigenvalue weighted by Gasteiger charge is -2.20. The SMILES string of the molecule is CCCC(CCCO)c1cnc(-c2c(CC)cccc2CC)cc1OC. The Morgan fingerprint density at radius 3 is 2.31 bits per heavy atom. The number of hydrogen-bond donors (Lipinski definition) is 1. The van der Waals surface area contributed by atoms with Crippen LogP contribution in [0.5, 0.6) is 5.75 Å². The Hall–Kier alpha value is -1.87. The molecule has 1 unspecified atom stereocenters. The summed E-state index contributed by atoms with van der Waals surface area (Å²) in [5.74, 6) is 1.30. The minimum absolute atomic E-state index is 0.234. The molecule has 0 amide bonds. The van der Waals surface area contributed by atoms with Crippen LogP contribution < -0.4 is 4.74 Å². The Balaban J connectivity index is 2.49. The second kappa shape index (κ2) is 10.3. The molecule has 1 heterocycles. The Labute approximate surface area is 158 Å². The predicted molar refractivity (Wildman–Crippen MR) is 109 cm³/mol. The van der Waals surface area contributed by atoms with Gasteiger partial charge in [0.05, 0.1) is 12.8 Å². The molecule has 1 aromatic carbocycles. The normalized spacial score (nSPS) is 12.2. The second-order valence-electron chi connectivity index (χ2n) is 6.82. The fourth-order valence-corrected chi connectivity index (χ4v) is 3.78. The van der Waals surface area contributed by atoms with Gasteiger partial charge in [0.15, 0.2) is 0 Å². The van der Waals surface area contributed by atoms with Gasteiger partial charge in [-0.2, -0.15) is 0 Å².